The minimum atomic E-state index is 0.480. The maximum atomic E-state index is 6.02. The summed E-state index contributed by atoms with van der Waals surface area (Å²) in [5.74, 6) is 0.836. The van der Waals surface area contributed by atoms with Crippen LogP contribution in [0.5, 0.6) is 0 Å². The third kappa shape index (κ3) is 2.82. The molecule has 2 N–H and O–H groups in total. The van der Waals surface area contributed by atoms with E-state index in [0.29, 0.717) is 6.04 Å². The zero-order valence-electron chi connectivity index (χ0n) is 7.68. The van der Waals surface area contributed by atoms with Crippen LogP contribution in [0.2, 0.25) is 0 Å². The number of hydrogen-bond donors (Lipinski definition) is 1. The fourth-order valence-corrected chi connectivity index (χ4v) is 2.07. The Kier molecular flexibility index (Phi) is 3.92. The molecular weight excluding hydrogens is 134 g/mol. The molecule has 1 fully saturated rings. The summed E-state index contributed by atoms with van der Waals surface area (Å²) in [6, 6.07) is 0.480. The van der Waals surface area contributed by atoms with Crippen molar-refractivity contribution >= 4 is 0 Å². The molecule has 11 heavy (non-hydrogen) atoms. The standard InChI is InChI=1S/C10H21N/c1-2-10(11)9-7-5-3-4-6-8-9/h9-10H,2-8,11H2,1H3/t10-/m1/s1. The van der Waals surface area contributed by atoms with Gasteiger partial charge in [-0.15, -0.1) is 0 Å². The molecule has 0 radical (unpaired) electrons. The molecule has 0 aromatic heterocycles. The van der Waals surface area contributed by atoms with Gasteiger partial charge in [0.25, 0.3) is 0 Å². The molecule has 0 aromatic carbocycles. The van der Waals surface area contributed by atoms with Crippen LogP contribution in [0.15, 0.2) is 0 Å². The Labute approximate surface area is 70.4 Å². The van der Waals surface area contributed by atoms with E-state index in [-0.39, 0.29) is 0 Å². The smallest absolute Gasteiger partial charge is 0.00645 e. The Morgan fingerprint density at radius 1 is 1.18 bits per heavy atom. The van der Waals surface area contributed by atoms with Crippen molar-refractivity contribution in [1.29, 1.82) is 0 Å². The molecule has 0 unspecified atom stereocenters. The van der Waals surface area contributed by atoms with Gasteiger partial charge in [-0.3, -0.25) is 0 Å². The first-order valence-electron chi connectivity index (χ1n) is 5.10. The molecule has 0 aliphatic heterocycles. The molecule has 0 aromatic rings. The van der Waals surface area contributed by atoms with E-state index in [1.807, 2.05) is 0 Å². The minimum absolute atomic E-state index is 0.480. The Hall–Kier alpha value is -0.0400. The first kappa shape index (κ1) is 9.05. The Balaban J connectivity index is 2.30. The molecular formula is C10H21N. The quantitative estimate of drug-likeness (QED) is 0.610. The fraction of sp³-hybridized carbons (Fsp3) is 1.00. The van der Waals surface area contributed by atoms with E-state index >= 15 is 0 Å². The molecule has 0 saturated heterocycles. The van der Waals surface area contributed by atoms with E-state index in [1.54, 1.807) is 0 Å². The first-order valence-corrected chi connectivity index (χ1v) is 5.10. The molecule has 0 amide bonds. The highest BCUT2D eigenvalue weighted by Gasteiger charge is 2.17. The summed E-state index contributed by atoms with van der Waals surface area (Å²) in [5.41, 5.74) is 6.02. The number of hydrogen-bond acceptors (Lipinski definition) is 1. The summed E-state index contributed by atoms with van der Waals surface area (Å²) >= 11 is 0. The van der Waals surface area contributed by atoms with Gasteiger partial charge in [0.05, 0.1) is 0 Å². The van der Waals surface area contributed by atoms with Crippen molar-refractivity contribution in [3.63, 3.8) is 0 Å². The predicted molar refractivity (Wildman–Crippen MR) is 49.5 cm³/mol. The largest absolute Gasteiger partial charge is 0.327 e. The van der Waals surface area contributed by atoms with Crippen LogP contribution >= 0.6 is 0 Å². The summed E-state index contributed by atoms with van der Waals surface area (Å²) in [7, 11) is 0. The van der Waals surface area contributed by atoms with Crippen LogP contribution in [0.1, 0.15) is 51.9 Å². The fourth-order valence-electron chi connectivity index (χ4n) is 2.07. The van der Waals surface area contributed by atoms with Crippen LogP contribution in [0.25, 0.3) is 0 Å². The van der Waals surface area contributed by atoms with Crippen molar-refractivity contribution in [2.75, 3.05) is 0 Å². The van der Waals surface area contributed by atoms with E-state index in [2.05, 4.69) is 6.92 Å². The summed E-state index contributed by atoms with van der Waals surface area (Å²) in [4.78, 5) is 0. The zero-order valence-corrected chi connectivity index (χ0v) is 7.68. The molecule has 1 rings (SSSR count). The lowest BCUT2D eigenvalue weighted by atomic mass is 9.91. The van der Waals surface area contributed by atoms with Gasteiger partial charge in [0.2, 0.25) is 0 Å². The van der Waals surface area contributed by atoms with Gasteiger partial charge in [-0.05, 0) is 25.2 Å². The van der Waals surface area contributed by atoms with Gasteiger partial charge in [-0.2, -0.15) is 0 Å². The lowest BCUT2D eigenvalue weighted by Gasteiger charge is -2.20. The van der Waals surface area contributed by atoms with Crippen LogP contribution in [0, 0.1) is 5.92 Å². The highest BCUT2D eigenvalue weighted by Crippen LogP contribution is 2.25. The van der Waals surface area contributed by atoms with Crippen LogP contribution in [0.4, 0.5) is 0 Å². The highest BCUT2D eigenvalue weighted by molar-refractivity contribution is 4.73. The van der Waals surface area contributed by atoms with Crippen LogP contribution in [-0.2, 0) is 0 Å². The summed E-state index contributed by atoms with van der Waals surface area (Å²) in [6.07, 6.45) is 9.63. The molecule has 1 heteroatoms. The van der Waals surface area contributed by atoms with E-state index in [0.717, 1.165) is 12.3 Å². The molecule has 0 heterocycles. The van der Waals surface area contributed by atoms with Crippen LogP contribution in [0.3, 0.4) is 0 Å². The maximum absolute atomic E-state index is 6.02. The second-order valence-electron chi connectivity index (χ2n) is 3.82. The van der Waals surface area contributed by atoms with E-state index in [4.69, 9.17) is 5.73 Å². The zero-order chi connectivity index (χ0) is 8.10. The maximum Gasteiger partial charge on any atom is 0.00645 e. The summed E-state index contributed by atoms with van der Waals surface area (Å²) < 4.78 is 0. The molecule has 0 bridgehead atoms. The van der Waals surface area contributed by atoms with Crippen molar-refractivity contribution in [2.45, 2.75) is 57.9 Å². The Morgan fingerprint density at radius 2 is 1.73 bits per heavy atom. The molecule has 0 spiro atoms. The average molecular weight is 155 g/mol. The molecule has 1 atom stereocenters. The summed E-state index contributed by atoms with van der Waals surface area (Å²) in [5, 5.41) is 0. The van der Waals surface area contributed by atoms with Crippen molar-refractivity contribution < 1.29 is 0 Å². The molecule has 66 valence electrons. The van der Waals surface area contributed by atoms with Gasteiger partial charge in [0.15, 0.2) is 0 Å². The third-order valence-electron chi connectivity index (χ3n) is 2.98. The van der Waals surface area contributed by atoms with Gasteiger partial charge in [0, 0.05) is 6.04 Å². The average Bonchev–Trinajstić information content (AvgIpc) is 2.30. The number of nitrogens with two attached hydrogens (primary N) is 1. The van der Waals surface area contributed by atoms with E-state index in [1.165, 1.54) is 38.5 Å². The van der Waals surface area contributed by atoms with Crippen LogP contribution in [-0.4, -0.2) is 6.04 Å². The lowest BCUT2D eigenvalue weighted by molar-refractivity contribution is 0.367. The molecule has 1 saturated carbocycles. The van der Waals surface area contributed by atoms with Gasteiger partial charge < -0.3 is 5.73 Å². The SMILES string of the molecule is CC[C@@H](N)C1CCCCCC1. The van der Waals surface area contributed by atoms with Gasteiger partial charge in [-0.25, -0.2) is 0 Å². The Morgan fingerprint density at radius 3 is 2.18 bits per heavy atom. The van der Waals surface area contributed by atoms with Gasteiger partial charge in [-0.1, -0.05) is 32.6 Å². The van der Waals surface area contributed by atoms with E-state index in [9.17, 15) is 0 Å². The van der Waals surface area contributed by atoms with Crippen molar-refractivity contribution in [3.8, 4) is 0 Å². The topological polar surface area (TPSA) is 26.0 Å². The summed E-state index contributed by atoms with van der Waals surface area (Å²) in [6.45, 7) is 2.20. The minimum Gasteiger partial charge on any atom is -0.327 e. The van der Waals surface area contributed by atoms with Gasteiger partial charge >= 0.3 is 0 Å². The second-order valence-corrected chi connectivity index (χ2v) is 3.82. The first-order chi connectivity index (χ1) is 5.34. The molecule has 1 aliphatic carbocycles. The lowest BCUT2D eigenvalue weighted by Crippen LogP contribution is -2.28. The van der Waals surface area contributed by atoms with Crippen molar-refractivity contribution in [2.24, 2.45) is 11.7 Å². The van der Waals surface area contributed by atoms with Crippen LogP contribution < -0.4 is 5.73 Å². The van der Waals surface area contributed by atoms with Gasteiger partial charge in [0.1, 0.15) is 0 Å². The second kappa shape index (κ2) is 4.76. The van der Waals surface area contributed by atoms with E-state index < -0.39 is 0 Å². The third-order valence-corrected chi connectivity index (χ3v) is 2.98. The Bertz CT molecular complexity index is 93.0. The molecule has 1 nitrogen and oxygen atoms in total. The highest BCUT2D eigenvalue weighted by atomic mass is 14.6. The predicted octanol–water partition coefficient (Wildman–Crippen LogP) is 2.69. The van der Waals surface area contributed by atoms with Crippen molar-refractivity contribution in [3.05, 3.63) is 0 Å². The molecule has 1 aliphatic rings. The number of rotatable bonds is 2. The monoisotopic (exact) mass is 155 g/mol. The van der Waals surface area contributed by atoms with Crippen molar-refractivity contribution in [1.82, 2.24) is 0 Å². The normalized spacial score (nSPS) is 24.5.